The van der Waals surface area contributed by atoms with Crippen LogP contribution in [0.4, 0.5) is 4.39 Å². The smallest absolute Gasteiger partial charge is 0.0981 e. The Labute approximate surface area is 91.0 Å². The fraction of sp³-hybridized carbons (Fsp3) is 0.400. The molecular formula is C10H12BrFS. The molecule has 3 heteroatoms. The highest BCUT2D eigenvalue weighted by Crippen LogP contribution is 2.21. The van der Waals surface area contributed by atoms with Crippen LogP contribution >= 0.6 is 27.7 Å². The van der Waals surface area contributed by atoms with E-state index in [4.69, 9.17) is 0 Å². The van der Waals surface area contributed by atoms with Crippen molar-refractivity contribution in [2.75, 3.05) is 5.75 Å². The third-order valence-electron chi connectivity index (χ3n) is 1.60. The Morgan fingerprint density at radius 3 is 2.54 bits per heavy atom. The van der Waals surface area contributed by atoms with Crippen LogP contribution in [0.25, 0.3) is 0 Å². The van der Waals surface area contributed by atoms with Gasteiger partial charge in [-0.3, -0.25) is 0 Å². The molecule has 0 nitrogen and oxygen atoms in total. The molecule has 0 saturated heterocycles. The van der Waals surface area contributed by atoms with E-state index in [1.54, 1.807) is 18.7 Å². The molecule has 0 aliphatic rings. The summed E-state index contributed by atoms with van der Waals surface area (Å²) >= 11 is 5.06. The van der Waals surface area contributed by atoms with Crippen LogP contribution in [0.3, 0.4) is 0 Å². The Morgan fingerprint density at radius 2 is 2.00 bits per heavy atom. The van der Waals surface area contributed by atoms with Crippen molar-refractivity contribution in [1.29, 1.82) is 0 Å². The van der Waals surface area contributed by atoms with Crippen LogP contribution in [-0.4, -0.2) is 11.9 Å². The molecule has 0 amide bonds. The van der Waals surface area contributed by atoms with Gasteiger partial charge >= 0.3 is 0 Å². The normalized spacial score (nSPS) is 12.8. The lowest BCUT2D eigenvalue weighted by Crippen LogP contribution is -1.93. The zero-order valence-corrected chi connectivity index (χ0v) is 9.87. The molecule has 0 spiro atoms. The van der Waals surface area contributed by atoms with Crippen LogP contribution in [0, 0.1) is 0 Å². The molecule has 1 unspecified atom stereocenters. The molecule has 1 aromatic rings. The van der Waals surface area contributed by atoms with Crippen molar-refractivity contribution in [2.45, 2.75) is 24.4 Å². The Bertz CT molecular complexity index is 246. The fourth-order valence-electron chi connectivity index (χ4n) is 0.870. The average Bonchev–Trinajstić information content (AvgIpc) is 2.08. The van der Waals surface area contributed by atoms with E-state index in [1.807, 2.05) is 24.3 Å². The third kappa shape index (κ3) is 4.67. The van der Waals surface area contributed by atoms with Gasteiger partial charge in [0.05, 0.1) is 6.17 Å². The van der Waals surface area contributed by atoms with Crippen LogP contribution in [0.5, 0.6) is 0 Å². The van der Waals surface area contributed by atoms with E-state index >= 15 is 0 Å². The Hall–Kier alpha value is -0.0200. The maximum Gasteiger partial charge on any atom is 0.0981 e. The van der Waals surface area contributed by atoms with Crippen molar-refractivity contribution in [1.82, 2.24) is 0 Å². The second kappa shape index (κ2) is 5.66. The van der Waals surface area contributed by atoms with Crippen molar-refractivity contribution in [3.05, 3.63) is 28.7 Å². The summed E-state index contributed by atoms with van der Waals surface area (Å²) in [6.45, 7) is 1.60. The lowest BCUT2D eigenvalue weighted by atomic mass is 10.3. The van der Waals surface area contributed by atoms with Gasteiger partial charge in [-0.15, -0.1) is 11.8 Å². The molecule has 0 fully saturated rings. The van der Waals surface area contributed by atoms with Gasteiger partial charge < -0.3 is 0 Å². The number of thioether (sulfide) groups is 1. The molecule has 1 aromatic carbocycles. The zero-order valence-electron chi connectivity index (χ0n) is 7.47. The van der Waals surface area contributed by atoms with Crippen LogP contribution in [0.2, 0.25) is 0 Å². The van der Waals surface area contributed by atoms with Gasteiger partial charge in [-0.1, -0.05) is 15.9 Å². The number of hydrogen-bond donors (Lipinski definition) is 0. The van der Waals surface area contributed by atoms with Gasteiger partial charge in [-0.25, -0.2) is 4.39 Å². The Kier molecular flexibility index (Phi) is 4.81. The summed E-state index contributed by atoms with van der Waals surface area (Å²) in [6.07, 6.45) is -0.0660. The number of halogens is 2. The van der Waals surface area contributed by atoms with Gasteiger partial charge in [0.2, 0.25) is 0 Å². The van der Waals surface area contributed by atoms with Crippen LogP contribution < -0.4 is 0 Å². The lowest BCUT2D eigenvalue weighted by molar-refractivity contribution is 0.355. The van der Waals surface area contributed by atoms with Gasteiger partial charge in [0, 0.05) is 15.1 Å². The molecule has 13 heavy (non-hydrogen) atoms. The maximum absolute atomic E-state index is 12.4. The van der Waals surface area contributed by atoms with E-state index < -0.39 is 6.17 Å². The van der Waals surface area contributed by atoms with E-state index in [0.717, 1.165) is 10.2 Å². The molecule has 0 heterocycles. The summed E-state index contributed by atoms with van der Waals surface area (Å²) < 4.78 is 13.5. The average molecular weight is 263 g/mol. The van der Waals surface area contributed by atoms with Gasteiger partial charge in [-0.2, -0.15) is 0 Å². The number of benzene rings is 1. The highest BCUT2D eigenvalue weighted by atomic mass is 79.9. The third-order valence-corrected chi connectivity index (χ3v) is 3.17. The number of alkyl halides is 1. The lowest BCUT2D eigenvalue weighted by Gasteiger charge is -2.02. The number of rotatable bonds is 4. The first-order valence-electron chi connectivity index (χ1n) is 4.21. The van der Waals surface area contributed by atoms with E-state index in [0.29, 0.717) is 6.42 Å². The van der Waals surface area contributed by atoms with Crippen LogP contribution in [-0.2, 0) is 0 Å². The monoisotopic (exact) mass is 262 g/mol. The summed E-state index contributed by atoms with van der Waals surface area (Å²) in [5, 5.41) is 0. The Morgan fingerprint density at radius 1 is 1.38 bits per heavy atom. The molecule has 0 bridgehead atoms. The van der Waals surface area contributed by atoms with E-state index in [2.05, 4.69) is 15.9 Å². The predicted molar refractivity (Wildman–Crippen MR) is 60.1 cm³/mol. The molecular weight excluding hydrogens is 251 g/mol. The SMILES string of the molecule is CC(F)CCSc1ccc(Br)cc1. The minimum Gasteiger partial charge on any atom is -0.248 e. The quantitative estimate of drug-likeness (QED) is 0.730. The van der Waals surface area contributed by atoms with Crippen LogP contribution in [0.1, 0.15) is 13.3 Å². The zero-order chi connectivity index (χ0) is 9.68. The second-order valence-electron chi connectivity index (χ2n) is 2.87. The van der Waals surface area contributed by atoms with Crippen molar-refractivity contribution in [3.8, 4) is 0 Å². The first-order chi connectivity index (χ1) is 6.18. The maximum atomic E-state index is 12.4. The summed E-state index contributed by atoms with van der Waals surface area (Å²) in [4.78, 5) is 1.20. The first kappa shape index (κ1) is 11.1. The van der Waals surface area contributed by atoms with Crippen molar-refractivity contribution < 1.29 is 4.39 Å². The minimum absolute atomic E-state index is 0.626. The van der Waals surface area contributed by atoms with Crippen molar-refractivity contribution in [2.24, 2.45) is 0 Å². The summed E-state index contributed by atoms with van der Waals surface area (Å²) in [7, 11) is 0. The molecule has 72 valence electrons. The van der Waals surface area contributed by atoms with Gasteiger partial charge in [-0.05, 0) is 37.6 Å². The molecule has 0 aliphatic carbocycles. The summed E-state index contributed by atoms with van der Waals surface area (Å²) in [5.74, 6) is 0.847. The fourth-order valence-corrected chi connectivity index (χ4v) is 2.14. The minimum atomic E-state index is -0.692. The van der Waals surface area contributed by atoms with Gasteiger partial charge in [0.1, 0.15) is 0 Å². The standard InChI is InChI=1S/C10H12BrFS/c1-8(12)6-7-13-10-4-2-9(11)3-5-10/h2-5,8H,6-7H2,1H3. The highest BCUT2D eigenvalue weighted by Gasteiger charge is 1.98. The second-order valence-corrected chi connectivity index (χ2v) is 4.96. The van der Waals surface area contributed by atoms with E-state index in [1.165, 1.54) is 4.90 Å². The molecule has 0 radical (unpaired) electrons. The summed E-state index contributed by atoms with van der Waals surface area (Å²) in [6, 6.07) is 8.08. The topological polar surface area (TPSA) is 0 Å². The molecule has 0 saturated carbocycles. The first-order valence-corrected chi connectivity index (χ1v) is 5.99. The largest absolute Gasteiger partial charge is 0.248 e. The van der Waals surface area contributed by atoms with Crippen molar-refractivity contribution >= 4 is 27.7 Å². The summed E-state index contributed by atoms with van der Waals surface area (Å²) in [5.41, 5.74) is 0. The molecule has 0 N–H and O–H groups in total. The highest BCUT2D eigenvalue weighted by molar-refractivity contribution is 9.10. The molecule has 1 rings (SSSR count). The van der Waals surface area contributed by atoms with Gasteiger partial charge in [0.25, 0.3) is 0 Å². The van der Waals surface area contributed by atoms with Crippen LogP contribution in [0.15, 0.2) is 33.6 Å². The molecule has 0 aromatic heterocycles. The Balaban J connectivity index is 2.33. The number of hydrogen-bond acceptors (Lipinski definition) is 1. The van der Waals surface area contributed by atoms with E-state index in [9.17, 15) is 4.39 Å². The van der Waals surface area contributed by atoms with Crippen molar-refractivity contribution in [3.63, 3.8) is 0 Å². The molecule has 1 atom stereocenters. The van der Waals surface area contributed by atoms with E-state index in [-0.39, 0.29) is 0 Å². The predicted octanol–water partition coefficient (Wildman–Crippen LogP) is 4.29. The molecule has 0 aliphatic heterocycles. The van der Waals surface area contributed by atoms with Gasteiger partial charge in [0.15, 0.2) is 0 Å².